The predicted octanol–water partition coefficient (Wildman–Crippen LogP) is 0.454. The molecule has 2 aromatic rings. The van der Waals surface area contributed by atoms with E-state index >= 15 is 0 Å². The lowest BCUT2D eigenvalue weighted by molar-refractivity contribution is 0.584. The van der Waals surface area contributed by atoms with Gasteiger partial charge >= 0.3 is 0 Å². The Balaban J connectivity index is 1.82. The number of anilines is 2. The van der Waals surface area contributed by atoms with Crippen LogP contribution in [0, 0.1) is 0 Å². The van der Waals surface area contributed by atoms with Gasteiger partial charge in [0, 0.05) is 50.6 Å². The molecule has 3 rings (SSSR count). The van der Waals surface area contributed by atoms with Crippen LogP contribution in [-0.2, 0) is 6.42 Å². The van der Waals surface area contributed by atoms with Crippen molar-refractivity contribution in [1.29, 1.82) is 0 Å². The minimum absolute atomic E-state index is 0.326. The Morgan fingerprint density at radius 2 is 2.00 bits per heavy atom. The fraction of sp³-hybridized carbons (Fsp3) is 0.357. The van der Waals surface area contributed by atoms with Crippen LogP contribution in [0.25, 0.3) is 0 Å². The minimum Gasteiger partial charge on any atom is -0.368 e. The van der Waals surface area contributed by atoms with E-state index in [1.165, 1.54) is 0 Å². The highest BCUT2D eigenvalue weighted by Gasteiger charge is 2.13. The van der Waals surface area contributed by atoms with Gasteiger partial charge in [0.05, 0.1) is 5.69 Å². The van der Waals surface area contributed by atoms with Crippen LogP contribution in [0.1, 0.15) is 11.4 Å². The van der Waals surface area contributed by atoms with Gasteiger partial charge in [-0.25, -0.2) is 4.98 Å². The summed E-state index contributed by atoms with van der Waals surface area (Å²) in [4.78, 5) is 15.2. The molecule has 6 heteroatoms. The second kappa shape index (κ2) is 5.83. The second-order valence-electron chi connectivity index (χ2n) is 4.81. The molecule has 0 radical (unpaired) electrons. The monoisotopic (exact) mass is 270 g/mol. The average molecular weight is 270 g/mol. The molecule has 1 aliphatic heterocycles. The molecule has 0 saturated carbocycles. The molecule has 3 N–H and O–H groups in total. The number of rotatable bonds is 3. The van der Waals surface area contributed by atoms with E-state index in [0.29, 0.717) is 12.4 Å². The molecular formula is C14H18N6. The SMILES string of the molecule is Nc1nc(Cc2ccccn2)cc(N2CCNCC2)n1. The minimum atomic E-state index is 0.326. The summed E-state index contributed by atoms with van der Waals surface area (Å²) in [6.07, 6.45) is 2.46. The Hall–Kier alpha value is -2.21. The quantitative estimate of drug-likeness (QED) is 0.843. The highest BCUT2D eigenvalue weighted by atomic mass is 15.2. The zero-order valence-corrected chi connectivity index (χ0v) is 11.3. The summed E-state index contributed by atoms with van der Waals surface area (Å²) in [5.74, 6) is 1.23. The summed E-state index contributed by atoms with van der Waals surface area (Å²) in [5, 5.41) is 3.33. The molecule has 0 aliphatic carbocycles. The van der Waals surface area contributed by atoms with Gasteiger partial charge in [0.15, 0.2) is 0 Å². The van der Waals surface area contributed by atoms with Gasteiger partial charge in [-0.3, -0.25) is 4.98 Å². The number of nitrogen functional groups attached to an aromatic ring is 1. The average Bonchev–Trinajstić information content (AvgIpc) is 2.49. The van der Waals surface area contributed by atoms with E-state index < -0.39 is 0 Å². The third kappa shape index (κ3) is 3.03. The highest BCUT2D eigenvalue weighted by molar-refractivity contribution is 5.44. The van der Waals surface area contributed by atoms with Gasteiger partial charge < -0.3 is 16.0 Å². The Bertz CT molecular complexity index is 565. The maximum atomic E-state index is 5.83. The highest BCUT2D eigenvalue weighted by Crippen LogP contribution is 2.16. The molecule has 0 aromatic carbocycles. The Morgan fingerprint density at radius 3 is 2.75 bits per heavy atom. The number of pyridine rings is 1. The largest absolute Gasteiger partial charge is 0.368 e. The van der Waals surface area contributed by atoms with Crippen molar-refractivity contribution >= 4 is 11.8 Å². The van der Waals surface area contributed by atoms with Gasteiger partial charge in [0.2, 0.25) is 5.95 Å². The van der Waals surface area contributed by atoms with Crippen LogP contribution >= 0.6 is 0 Å². The van der Waals surface area contributed by atoms with Gasteiger partial charge in [-0.15, -0.1) is 0 Å². The Labute approximate surface area is 118 Å². The lowest BCUT2D eigenvalue weighted by Crippen LogP contribution is -2.44. The molecule has 0 atom stereocenters. The van der Waals surface area contributed by atoms with E-state index in [0.717, 1.165) is 43.4 Å². The molecule has 1 aliphatic rings. The van der Waals surface area contributed by atoms with E-state index in [4.69, 9.17) is 5.73 Å². The van der Waals surface area contributed by atoms with Crippen LogP contribution in [-0.4, -0.2) is 41.1 Å². The molecule has 0 bridgehead atoms. The molecule has 1 saturated heterocycles. The zero-order valence-electron chi connectivity index (χ0n) is 11.3. The van der Waals surface area contributed by atoms with E-state index in [-0.39, 0.29) is 0 Å². The van der Waals surface area contributed by atoms with Gasteiger partial charge in [-0.2, -0.15) is 4.98 Å². The van der Waals surface area contributed by atoms with Crippen molar-refractivity contribution in [1.82, 2.24) is 20.3 Å². The van der Waals surface area contributed by atoms with Crippen molar-refractivity contribution in [2.24, 2.45) is 0 Å². The first kappa shape index (κ1) is 12.8. The van der Waals surface area contributed by atoms with E-state index in [9.17, 15) is 0 Å². The molecule has 0 spiro atoms. The molecule has 2 aromatic heterocycles. The number of piperazine rings is 1. The predicted molar refractivity (Wildman–Crippen MR) is 78.6 cm³/mol. The molecule has 3 heterocycles. The van der Waals surface area contributed by atoms with E-state index in [1.54, 1.807) is 6.20 Å². The Kier molecular flexibility index (Phi) is 3.73. The van der Waals surface area contributed by atoms with Gasteiger partial charge in [-0.05, 0) is 12.1 Å². The first-order valence-corrected chi connectivity index (χ1v) is 6.80. The van der Waals surface area contributed by atoms with Crippen molar-refractivity contribution in [3.63, 3.8) is 0 Å². The van der Waals surface area contributed by atoms with Crippen LogP contribution in [0.5, 0.6) is 0 Å². The van der Waals surface area contributed by atoms with Crippen LogP contribution in [0.4, 0.5) is 11.8 Å². The second-order valence-corrected chi connectivity index (χ2v) is 4.81. The lowest BCUT2D eigenvalue weighted by Gasteiger charge is -2.28. The van der Waals surface area contributed by atoms with Gasteiger partial charge in [0.25, 0.3) is 0 Å². The van der Waals surface area contributed by atoms with Crippen molar-refractivity contribution in [2.45, 2.75) is 6.42 Å². The summed E-state index contributed by atoms with van der Waals surface area (Å²) < 4.78 is 0. The van der Waals surface area contributed by atoms with Crippen molar-refractivity contribution in [3.8, 4) is 0 Å². The fourth-order valence-corrected chi connectivity index (χ4v) is 2.34. The summed E-state index contributed by atoms with van der Waals surface area (Å²) in [5.41, 5.74) is 7.73. The summed E-state index contributed by atoms with van der Waals surface area (Å²) in [7, 11) is 0. The van der Waals surface area contributed by atoms with Gasteiger partial charge in [0.1, 0.15) is 5.82 Å². The maximum Gasteiger partial charge on any atom is 0.222 e. The molecular weight excluding hydrogens is 252 g/mol. The fourth-order valence-electron chi connectivity index (χ4n) is 2.34. The van der Waals surface area contributed by atoms with E-state index in [1.807, 2.05) is 24.3 Å². The van der Waals surface area contributed by atoms with Crippen LogP contribution in [0.3, 0.4) is 0 Å². The molecule has 1 fully saturated rings. The first-order valence-electron chi connectivity index (χ1n) is 6.80. The zero-order chi connectivity index (χ0) is 13.8. The van der Waals surface area contributed by atoms with Gasteiger partial charge in [-0.1, -0.05) is 6.07 Å². The number of aromatic nitrogens is 3. The number of nitrogens with two attached hydrogens (primary N) is 1. The maximum absolute atomic E-state index is 5.83. The molecule has 0 unspecified atom stereocenters. The number of nitrogens with one attached hydrogen (secondary N) is 1. The van der Waals surface area contributed by atoms with Crippen LogP contribution in [0.15, 0.2) is 30.5 Å². The standard InChI is InChI=1S/C14H18N6/c15-14-18-12(9-11-3-1-2-4-17-11)10-13(19-14)20-7-5-16-6-8-20/h1-4,10,16H,5-9H2,(H2,15,18,19). The number of nitrogens with zero attached hydrogens (tertiary/aromatic N) is 4. The lowest BCUT2D eigenvalue weighted by atomic mass is 10.2. The summed E-state index contributed by atoms with van der Waals surface area (Å²) in [6, 6.07) is 7.88. The van der Waals surface area contributed by atoms with Crippen molar-refractivity contribution < 1.29 is 0 Å². The molecule has 6 nitrogen and oxygen atoms in total. The smallest absolute Gasteiger partial charge is 0.222 e. The van der Waals surface area contributed by atoms with E-state index in [2.05, 4.69) is 25.2 Å². The third-order valence-corrected chi connectivity index (χ3v) is 3.31. The normalized spacial score (nSPS) is 15.3. The molecule has 0 amide bonds. The Morgan fingerprint density at radius 1 is 1.15 bits per heavy atom. The summed E-state index contributed by atoms with van der Waals surface area (Å²) >= 11 is 0. The number of hydrogen-bond acceptors (Lipinski definition) is 6. The topological polar surface area (TPSA) is 80.0 Å². The van der Waals surface area contributed by atoms with Crippen molar-refractivity contribution in [2.75, 3.05) is 36.8 Å². The van der Waals surface area contributed by atoms with Crippen LogP contribution < -0.4 is 16.0 Å². The number of hydrogen-bond donors (Lipinski definition) is 2. The molecule has 20 heavy (non-hydrogen) atoms. The van der Waals surface area contributed by atoms with Crippen molar-refractivity contribution in [3.05, 3.63) is 41.9 Å². The summed E-state index contributed by atoms with van der Waals surface area (Å²) in [6.45, 7) is 3.83. The third-order valence-electron chi connectivity index (χ3n) is 3.31. The molecule has 104 valence electrons. The first-order chi connectivity index (χ1) is 9.81. The van der Waals surface area contributed by atoms with Crippen LogP contribution in [0.2, 0.25) is 0 Å².